The number of nitrogens with one attached hydrogen (secondary N) is 1. The SMILES string of the molecule is CC(NP(=O)(Oc1ccccc1)Sc1ccc(Cl)cc1)C(=O)O. The van der Waals surface area contributed by atoms with Crippen LogP contribution in [0.2, 0.25) is 5.02 Å². The molecule has 2 N–H and O–H groups in total. The fourth-order valence-corrected chi connectivity index (χ4v) is 5.61. The summed E-state index contributed by atoms with van der Waals surface area (Å²) in [6, 6.07) is 14.3. The Hall–Kier alpha value is -1.46. The third-order valence-electron chi connectivity index (χ3n) is 2.73. The fraction of sp³-hybridized carbons (Fsp3) is 0.133. The molecule has 2 unspecified atom stereocenters. The minimum absolute atomic E-state index is 0.391. The van der Waals surface area contributed by atoms with Crippen molar-refractivity contribution in [1.82, 2.24) is 5.09 Å². The van der Waals surface area contributed by atoms with Crippen LogP contribution >= 0.6 is 29.7 Å². The van der Waals surface area contributed by atoms with Crippen LogP contribution in [0.1, 0.15) is 6.92 Å². The lowest BCUT2D eigenvalue weighted by atomic mass is 10.3. The number of hydrogen-bond acceptors (Lipinski definition) is 4. The quantitative estimate of drug-likeness (QED) is 0.688. The van der Waals surface area contributed by atoms with Gasteiger partial charge in [0.25, 0.3) is 0 Å². The van der Waals surface area contributed by atoms with Gasteiger partial charge in [-0.1, -0.05) is 29.8 Å². The van der Waals surface area contributed by atoms with E-state index in [2.05, 4.69) is 5.09 Å². The van der Waals surface area contributed by atoms with Crippen LogP contribution in [0.3, 0.4) is 0 Å². The molecule has 2 atom stereocenters. The average Bonchev–Trinajstić information content (AvgIpc) is 2.50. The van der Waals surface area contributed by atoms with Gasteiger partial charge in [-0.3, -0.25) is 4.79 Å². The van der Waals surface area contributed by atoms with Gasteiger partial charge in [0.1, 0.15) is 11.8 Å². The average molecular weight is 372 g/mol. The molecule has 0 bridgehead atoms. The Balaban J connectivity index is 2.24. The van der Waals surface area contributed by atoms with E-state index in [1.807, 2.05) is 0 Å². The number of rotatable bonds is 7. The van der Waals surface area contributed by atoms with Crippen molar-refractivity contribution in [2.75, 3.05) is 0 Å². The van der Waals surface area contributed by atoms with E-state index in [9.17, 15) is 9.36 Å². The third-order valence-corrected chi connectivity index (χ3v) is 6.75. The Morgan fingerprint density at radius 1 is 1.22 bits per heavy atom. The lowest BCUT2D eigenvalue weighted by Gasteiger charge is -2.21. The molecule has 0 fully saturated rings. The van der Waals surface area contributed by atoms with Crippen LogP contribution in [0.15, 0.2) is 59.5 Å². The summed E-state index contributed by atoms with van der Waals surface area (Å²) >= 11 is 6.78. The van der Waals surface area contributed by atoms with E-state index in [4.69, 9.17) is 21.2 Å². The van der Waals surface area contributed by atoms with E-state index in [0.29, 0.717) is 15.7 Å². The molecule has 5 nitrogen and oxygen atoms in total. The Kier molecular flexibility index (Phi) is 6.13. The molecule has 0 aliphatic rings. The zero-order chi connectivity index (χ0) is 16.9. The molecule has 0 spiro atoms. The highest BCUT2D eigenvalue weighted by Crippen LogP contribution is 2.59. The van der Waals surface area contributed by atoms with E-state index < -0.39 is 18.7 Å². The summed E-state index contributed by atoms with van der Waals surface area (Å²) < 4.78 is 18.7. The molecule has 0 aliphatic heterocycles. The number of carboxylic acids is 1. The van der Waals surface area contributed by atoms with Crippen LogP contribution in [0.4, 0.5) is 0 Å². The van der Waals surface area contributed by atoms with E-state index in [1.54, 1.807) is 54.6 Å². The maximum absolute atomic E-state index is 13.1. The highest BCUT2D eigenvalue weighted by Gasteiger charge is 2.31. The maximum atomic E-state index is 13.1. The van der Waals surface area contributed by atoms with Crippen molar-refractivity contribution in [3.8, 4) is 5.75 Å². The van der Waals surface area contributed by atoms with Crippen molar-refractivity contribution < 1.29 is 19.0 Å². The monoisotopic (exact) mass is 371 g/mol. The lowest BCUT2D eigenvalue weighted by molar-refractivity contribution is -0.138. The summed E-state index contributed by atoms with van der Waals surface area (Å²) in [6.45, 7) is -2.14. The van der Waals surface area contributed by atoms with Gasteiger partial charge in [0.2, 0.25) is 0 Å². The molecule has 0 amide bonds. The first kappa shape index (κ1) is 17.9. The molecule has 2 aromatic rings. The lowest BCUT2D eigenvalue weighted by Crippen LogP contribution is -2.31. The summed E-state index contributed by atoms with van der Waals surface area (Å²) in [5.41, 5.74) is 0. The second kappa shape index (κ2) is 7.88. The van der Waals surface area contributed by atoms with Crippen molar-refractivity contribution in [2.45, 2.75) is 17.9 Å². The molecule has 0 saturated heterocycles. The van der Waals surface area contributed by atoms with Crippen molar-refractivity contribution >= 4 is 35.7 Å². The summed E-state index contributed by atoms with van der Waals surface area (Å²) in [7, 11) is 0. The minimum Gasteiger partial charge on any atom is -0.480 e. The largest absolute Gasteiger partial charge is 0.480 e. The number of halogens is 1. The molecule has 0 radical (unpaired) electrons. The molecule has 2 rings (SSSR count). The molecule has 23 heavy (non-hydrogen) atoms. The summed E-state index contributed by atoms with van der Waals surface area (Å²) in [6.07, 6.45) is 0. The standard InChI is InChI=1S/C15H15ClNO4PS/c1-11(15(18)19)17-22(20,21-13-5-3-2-4-6-13)23-14-9-7-12(16)8-10-14/h2-11H,1H3,(H,17,20)(H,18,19). The van der Waals surface area contributed by atoms with E-state index >= 15 is 0 Å². The number of para-hydroxylation sites is 1. The second-order valence-corrected chi connectivity index (χ2v) is 9.15. The van der Waals surface area contributed by atoms with Crippen LogP contribution in [0.5, 0.6) is 5.75 Å². The second-order valence-electron chi connectivity index (χ2n) is 4.64. The number of aliphatic carboxylic acids is 1. The molecule has 0 heterocycles. The summed E-state index contributed by atoms with van der Waals surface area (Å²) in [4.78, 5) is 11.7. The topological polar surface area (TPSA) is 75.6 Å². The molecule has 0 aromatic heterocycles. The van der Waals surface area contributed by atoms with Crippen molar-refractivity contribution in [3.63, 3.8) is 0 Å². The van der Waals surface area contributed by atoms with Gasteiger partial charge in [-0.25, -0.2) is 9.65 Å². The minimum atomic E-state index is -3.55. The first-order valence-corrected chi connectivity index (χ1v) is 10.1. The number of carboxylic acid groups (broad SMARTS) is 1. The molecular weight excluding hydrogens is 357 g/mol. The predicted molar refractivity (Wildman–Crippen MR) is 92.2 cm³/mol. The smallest absolute Gasteiger partial charge is 0.379 e. The van der Waals surface area contributed by atoms with Gasteiger partial charge >= 0.3 is 12.7 Å². The van der Waals surface area contributed by atoms with Crippen LogP contribution in [-0.2, 0) is 9.36 Å². The first-order chi connectivity index (χ1) is 10.9. The maximum Gasteiger partial charge on any atom is 0.379 e. The molecule has 0 saturated carbocycles. The highest BCUT2D eigenvalue weighted by atomic mass is 35.5. The Morgan fingerprint density at radius 3 is 2.39 bits per heavy atom. The summed E-state index contributed by atoms with van der Waals surface area (Å²) in [5, 5.41) is 12.2. The molecule has 122 valence electrons. The zero-order valence-electron chi connectivity index (χ0n) is 12.2. The van der Waals surface area contributed by atoms with Crippen molar-refractivity contribution in [1.29, 1.82) is 0 Å². The van der Waals surface area contributed by atoms with E-state index in [-0.39, 0.29) is 0 Å². The van der Waals surface area contributed by atoms with Gasteiger partial charge < -0.3 is 9.63 Å². The summed E-state index contributed by atoms with van der Waals surface area (Å²) in [5.74, 6) is -0.721. The third kappa shape index (κ3) is 5.59. The van der Waals surface area contributed by atoms with Crippen LogP contribution < -0.4 is 9.61 Å². The van der Waals surface area contributed by atoms with Crippen LogP contribution in [0, 0.1) is 0 Å². The van der Waals surface area contributed by atoms with Gasteiger partial charge in [0, 0.05) is 9.92 Å². The van der Waals surface area contributed by atoms with Gasteiger partial charge in [0.15, 0.2) is 0 Å². The Labute approximate surface area is 143 Å². The zero-order valence-corrected chi connectivity index (χ0v) is 14.6. The van der Waals surface area contributed by atoms with Crippen molar-refractivity contribution in [2.24, 2.45) is 0 Å². The number of hydrogen-bond donors (Lipinski definition) is 2. The fourth-order valence-electron chi connectivity index (χ4n) is 1.62. The first-order valence-electron chi connectivity index (χ1n) is 6.68. The van der Waals surface area contributed by atoms with Crippen molar-refractivity contribution in [3.05, 3.63) is 59.6 Å². The van der Waals surface area contributed by atoms with Crippen LogP contribution in [-0.4, -0.2) is 17.1 Å². The predicted octanol–water partition coefficient (Wildman–Crippen LogP) is 4.68. The molecular formula is C15H15ClNO4PS. The van der Waals surface area contributed by atoms with Crippen LogP contribution in [0.25, 0.3) is 0 Å². The Bertz CT molecular complexity index is 711. The Morgan fingerprint density at radius 2 is 1.83 bits per heavy atom. The van der Waals surface area contributed by atoms with Gasteiger partial charge in [-0.2, -0.15) is 0 Å². The van der Waals surface area contributed by atoms with E-state index in [1.165, 1.54) is 6.92 Å². The molecule has 8 heteroatoms. The number of carbonyl (C=O) groups is 1. The molecule has 0 aliphatic carbocycles. The highest BCUT2D eigenvalue weighted by molar-refractivity contribution is 8.56. The molecule has 2 aromatic carbocycles. The van der Waals surface area contributed by atoms with E-state index in [0.717, 1.165) is 11.4 Å². The van der Waals surface area contributed by atoms with Gasteiger partial charge in [0.05, 0.1) is 0 Å². The van der Waals surface area contributed by atoms with Gasteiger partial charge in [-0.15, -0.1) is 0 Å². The number of benzene rings is 2. The van der Waals surface area contributed by atoms with Gasteiger partial charge in [-0.05, 0) is 54.7 Å². The normalized spacial score (nSPS) is 14.7.